The average molecular weight is 194 g/mol. The SMILES string of the molecule is C[C@@H]1C[C@H](C)[C@H]2C=C[C@@](C)(O)[C@]2(C)C1. The fourth-order valence-corrected chi connectivity index (χ4v) is 3.78. The van der Waals surface area contributed by atoms with Crippen molar-refractivity contribution in [2.45, 2.75) is 46.1 Å². The molecule has 1 fully saturated rings. The third-order valence-corrected chi connectivity index (χ3v) is 4.68. The molecule has 0 heterocycles. The minimum absolute atomic E-state index is 0.0735. The van der Waals surface area contributed by atoms with Crippen LogP contribution in [-0.4, -0.2) is 10.7 Å². The Balaban J connectivity index is 2.34. The first-order chi connectivity index (χ1) is 6.37. The molecule has 0 aromatic rings. The molecule has 0 spiro atoms. The van der Waals surface area contributed by atoms with Gasteiger partial charge >= 0.3 is 0 Å². The van der Waals surface area contributed by atoms with E-state index < -0.39 is 5.60 Å². The summed E-state index contributed by atoms with van der Waals surface area (Å²) in [4.78, 5) is 0. The fourth-order valence-electron chi connectivity index (χ4n) is 3.78. The van der Waals surface area contributed by atoms with E-state index in [1.165, 1.54) is 6.42 Å². The molecule has 0 amide bonds. The van der Waals surface area contributed by atoms with Crippen molar-refractivity contribution in [1.82, 2.24) is 0 Å². The second-order valence-corrected chi connectivity index (χ2v) is 5.97. The van der Waals surface area contributed by atoms with Gasteiger partial charge in [0.2, 0.25) is 0 Å². The zero-order chi connectivity index (χ0) is 10.6. The van der Waals surface area contributed by atoms with Crippen LogP contribution in [-0.2, 0) is 0 Å². The molecule has 1 saturated carbocycles. The van der Waals surface area contributed by atoms with Crippen LogP contribution in [0.25, 0.3) is 0 Å². The van der Waals surface area contributed by atoms with Gasteiger partial charge in [-0.15, -0.1) is 0 Å². The molecule has 0 aliphatic heterocycles. The zero-order valence-electron chi connectivity index (χ0n) is 9.75. The lowest BCUT2D eigenvalue weighted by molar-refractivity contribution is -0.0768. The second-order valence-electron chi connectivity index (χ2n) is 5.97. The van der Waals surface area contributed by atoms with Crippen LogP contribution in [0.1, 0.15) is 40.5 Å². The molecule has 0 bridgehead atoms. The van der Waals surface area contributed by atoms with E-state index in [9.17, 15) is 5.11 Å². The Kier molecular flexibility index (Phi) is 2.08. The molecule has 14 heavy (non-hydrogen) atoms. The van der Waals surface area contributed by atoms with Gasteiger partial charge < -0.3 is 5.11 Å². The van der Waals surface area contributed by atoms with Crippen LogP contribution in [0.2, 0.25) is 0 Å². The molecule has 1 nitrogen and oxygen atoms in total. The largest absolute Gasteiger partial charge is 0.385 e. The first-order valence-corrected chi connectivity index (χ1v) is 5.78. The second kappa shape index (κ2) is 2.85. The number of allylic oxidation sites excluding steroid dienone is 1. The van der Waals surface area contributed by atoms with E-state index in [1.807, 2.05) is 13.0 Å². The molecule has 2 aliphatic rings. The van der Waals surface area contributed by atoms with Crippen LogP contribution < -0.4 is 0 Å². The monoisotopic (exact) mass is 194 g/mol. The van der Waals surface area contributed by atoms with E-state index in [1.54, 1.807) is 0 Å². The van der Waals surface area contributed by atoms with Crippen molar-refractivity contribution in [2.24, 2.45) is 23.2 Å². The van der Waals surface area contributed by atoms with Crippen molar-refractivity contribution in [3.8, 4) is 0 Å². The number of hydrogen-bond donors (Lipinski definition) is 1. The van der Waals surface area contributed by atoms with Crippen LogP contribution in [0.15, 0.2) is 12.2 Å². The lowest BCUT2D eigenvalue weighted by Crippen LogP contribution is -2.48. The van der Waals surface area contributed by atoms with Gasteiger partial charge in [0, 0.05) is 5.41 Å². The summed E-state index contributed by atoms with van der Waals surface area (Å²) in [6.07, 6.45) is 6.73. The summed E-state index contributed by atoms with van der Waals surface area (Å²) in [5.41, 5.74) is -0.523. The quantitative estimate of drug-likeness (QED) is 0.588. The molecular formula is C13H22O. The first-order valence-electron chi connectivity index (χ1n) is 5.78. The topological polar surface area (TPSA) is 20.2 Å². The van der Waals surface area contributed by atoms with E-state index in [0.717, 1.165) is 12.3 Å². The van der Waals surface area contributed by atoms with Crippen molar-refractivity contribution in [3.05, 3.63) is 12.2 Å². The van der Waals surface area contributed by atoms with Crippen molar-refractivity contribution >= 4 is 0 Å². The third-order valence-electron chi connectivity index (χ3n) is 4.68. The molecular weight excluding hydrogens is 172 g/mol. The van der Waals surface area contributed by atoms with Gasteiger partial charge in [-0.3, -0.25) is 0 Å². The van der Waals surface area contributed by atoms with E-state index in [0.29, 0.717) is 11.8 Å². The summed E-state index contributed by atoms with van der Waals surface area (Å²) < 4.78 is 0. The lowest BCUT2D eigenvalue weighted by Gasteiger charge is -2.49. The summed E-state index contributed by atoms with van der Waals surface area (Å²) in [6.45, 7) is 8.86. The Morgan fingerprint density at radius 1 is 1.29 bits per heavy atom. The smallest absolute Gasteiger partial charge is 0.0858 e. The maximum atomic E-state index is 10.4. The summed E-state index contributed by atoms with van der Waals surface area (Å²) >= 11 is 0. The van der Waals surface area contributed by atoms with Crippen molar-refractivity contribution in [2.75, 3.05) is 0 Å². The maximum absolute atomic E-state index is 10.4. The van der Waals surface area contributed by atoms with E-state index in [2.05, 4.69) is 26.8 Å². The number of fused-ring (bicyclic) bond motifs is 1. The molecule has 80 valence electrons. The van der Waals surface area contributed by atoms with E-state index in [4.69, 9.17) is 0 Å². The van der Waals surface area contributed by atoms with Crippen molar-refractivity contribution in [1.29, 1.82) is 0 Å². The standard InChI is InChI=1S/C13H22O/c1-9-7-10(2)11-5-6-13(4,14)12(11,3)8-9/h5-6,9-11,14H,7-8H2,1-4H3/t9-,10+,11-,12-,13-/m1/s1. The van der Waals surface area contributed by atoms with Crippen LogP contribution in [0.3, 0.4) is 0 Å². The third kappa shape index (κ3) is 1.18. The van der Waals surface area contributed by atoms with Crippen LogP contribution in [0.4, 0.5) is 0 Å². The summed E-state index contributed by atoms with van der Waals surface area (Å²) in [5, 5.41) is 10.4. The average Bonchev–Trinajstić information content (AvgIpc) is 2.22. The van der Waals surface area contributed by atoms with Gasteiger partial charge in [-0.2, -0.15) is 0 Å². The number of hydrogen-bond acceptors (Lipinski definition) is 1. The highest BCUT2D eigenvalue weighted by molar-refractivity contribution is 5.22. The highest BCUT2D eigenvalue weighted by atomic mass is 16.3. The van der Waals surface area contributed by atoms with Crippen LogP contribution >= 0.6 is 0 Å². The Morgan fingerprint density at radius 2 is 1.93 bits per heavy atom. The minimum atomic E-state index is -0.597. The van der Waals surface area contributed by atoms with Gasteiger partial charge in [0.15, 0.2) is 0 Å². The Morgan fingerprint density at radius 3 is 2.57 bits per heavy atom. The van der Waals surface area contributed by atoms with Crippen molar-refractivity contribution in [3.63, 3.8) is 0 Å². The molecule has 2 aliphatic carbocycles. The maximum Gasteiger partial charge on any atom is 0.0858 e. The molecule has 0 radical (unpaired) electrons. The molecule has 0 unspecified atom stereocenters. The summed E-state index contributed by atoms with van der Waals surface area (Å²) in [6, 6.07) is 0. The van der Waals surface area contributed by atoms with Gasteiger partial charge in [-0.25, -0.2) is 0 Å². The Bertz CT molecular complexity index is 266. The Labute approximate surface area is 87.2 Å². The zero-order valence-corrected chi connectivity index (χ0v) is 9.75. The predicted molar refractivity (Wildman–Crippen MR) is 58.9 cm³/mol. The molecule has 0 aromatic carbocycles. The molecule has 0 aromatic heterocycles. The fraction of sp³-hybridized carbons (Fsp3) is 0.846. The van der Waals surface area contributed by atoms with Crippen LogP contribution in [0.5, 0.6) is 0 Å². The number of rotatable bonds is 0. The highest BCUT2D eigenvalue weighted by Gasteiger charge is 2.54. The number of aliphatic hydroxyl groups is 1. The lowest BCUT2D eigenvalue weighted by atomic mass is 9.57. The van der Waals surface area contributed by atoms with Gasteiger partial charge in [0.1, 0.15) is 0 Å². The van der Waals surface area contributed by atoms with Crippen molar-refractivity contribution < 1.29 is 5.11 Å². The van der Waals surface area contributed by atoms with Crippen LogP contribution in [0, 0.1) is 23.2 Å². The highest BCUT2D eigenvalue weighted by Crippen LogP contribution is 2.56. The molecule has 5 atom stereocenters. The molecule has 1 N–H and O–H groups in total. The summed E-state index contributed by atoms with van der Waals surface area (Å²) in [5.74, 6) is 2.04. The molecule has 1 heteroatoms. The Hall–Kier alpha value is -0.300. The minimum Gasteiger partial charge on any atom is -0.385 e. The van der Waals surface area contributed by atoms with Gasteiger partial charge in [0.25, 0.3) is 0 Å². The van der Waals surface area contributed by atoms with E-state index >= 15 is 0 Å². The normalized spacial score (nSPS) is 57.4. The molecule has 2 rings (SSSR count). The van der Waals surface area contributed by atoms with E-state index in [-0.39, 0.29) is 5.41 Å². The molecule has 0 saturated heterocycles. The van der Waals surface area contributed by atoms with Gasteiger partial charge in [0.05, 0.1) is 5.60 Å². The predicted octanol–water partition coefficient (Wildman–Crippen LogP) is 3.00. The first kappa shape index (κ1) is 10.2. The summed E-state index contributed by atoms with van der Waals surface area (Å²) in [7, 11) is 0. The van der Waals surface area contributed by atoms with Gasteiger partial charge in [-0.05, 0) is 37.5 Å². The van der Waals surface area contributed by atoms with Gasteiger partial charge in [-0.1, -0.05) is 32.9 Å².